The zero-order valence-electron chi connectivity index (χ0n) is 13.5. The fourth-order valence-corrected chi connectivity index (χ4v) is 5.43. The first-order chi connectivity index (χ1) is 10.5. The highest BCUT2D eigenvalue weighted by molar-refractivity contribution is 7.91. The summed E-state index contributed by atoms with van der Waals surface area (Å²) in [6, 6.07) is 10.1. The molecule has 22 heavy (non-hydrogen) atoms. The van der Waals surface area contributed by atoms with Crippen molar-refractivity contribution in [1.29, 1.82) is 0 Å². The van der Waals surface area contributed by atoms with Crippen molar-refractivity contribution in [3.8, 4) is 0 Å². The van der Waals surface area contributed by atoms with Gasteiger partial charge in [0, 0.05) is 0 Å². The Morgan fingerprint density at radius 1 is 1.32 bits per heavy atom. The van der Waals surface area contributed by atoms with Crippen molar-refractivity contribution >= 4 is 15.4 Å². The van der Waals surface area contributed by atoms with Gasteiger partial charge in [-0.25, -0.2) is 8.42 Å². The summed E-state index contributed by atoms with van der Waals surface area (Å²) in [5, 5.41) is 0. The van der Waals surface area contributed by atoms with Crippen molar-refractivity contribution in [3.05, 3.63) is 42.2 Å². The molecule has 0 aliphatic carbocycles. The third kappa shape index (κ3) is 4.60. The fraction of sp³-hybridized carbons (Fsp3) is 0.556. The monoisotopic (exact) mass is 322 g/mol. The minimum atomic E-state index is -2.81. The molecule has 1 saturated heterocycles. The molecule has 0 N–H and O–H groups in total. The molecule has 1 heterocycles. The number of hydrogen-bond acceptors (Lipinski definition) is 3. The van der Waals surface area contributed by atoms with E-state index in [9.17, 15) is 8.42 Å². The second-order valence-electron chi connectivity index (χ2n) is 6.34. The molecule has 4 heteroatoms. The van der Waals surface area contributed by atoms with Crippen molar-refractivity contribution in [2.75, 3.05) is 18.1 Å². The number of ether oxygens (including phenoxy) is 1. The second kappa shape index (κ2) is 7.32. The van der Waals surface area contributed by atoms with Crippen LogP contribution in [-0.4, -0.2) is 26.5 Å². The Bertz CT molecular complexity index is 604. The zero-order chi connectivity index (χ0) is 16.1. The molecule has 1 aromatic carbocycles. The van der Waals surface area contributed by atoms with Crippen molar-refractivity contribution in [2.45, 2.75) is 39.5 Å². The minimum Gasteiger partial charge on any atom is -0.501 e. The molecule has 0 spiro atoms. The van der Waals surface area contributed by atoms with Crippen molar-refractivity contribution < 1.29 is 13.2 Å². The topological polar surface area (TPSA) is 43.4 Å². The Balaban J connectivity index is 1.77. The number of rotatable bonds is 7. The standard InChI is InChI=1S/C18H26O3S/c1-3-18(11-13-22(19,20)15-18)10-7-12-21-14-16(2)17-8-5-4-6-9-17/h4-6,8-9,14H,3,7,10-13,15H2,1-2H3/b16-14-. The van der Waals surface area contributed by atoms with E-state index in [1.54, 1.807) is 6.26 Å². The summed E-state index contributed by atoms with van der Waals surface area (Å²) >= 11 is 0. The van der Waals surface area contributed by atoms with Gasteiger partial charge in [-0.15, -0.1) is 0 Å². The van der Waals surface area contributed by atoms with Crippen molar-refractivity contribution in [2.24, 2.45) is 5.41 Å². The maximum atomic E-state index is 11.7. The van der Waals surface area contributed by atoms with Gasteiger partial charge in [0.25, 0.3) is 0 Å². The molecule has 1 atom stereocenters. The van der Waals surface area contributed by atoms with E-state index in [-0.39, 0.29) is 5.41 Å². The van der Waals surface area contributed by atoms with Crippen LogP contribution in [-0.2, 0) is 14.6 Å². The molecular formula is C18H26O3S. The summed E-state index contributed by atoms with van der Waals surface area (Å²) in [4.78, 5) is 0. The van der Waals surface area contributed by atoms with E-state index in [4.69, 9.17) is 4.74 Å². The molecule has 1 aliphatic heterocycles. The lowest BCUT2D eigenvalue weighted by atomic mass is 9.80. The largest absolute Gasteiger partial charge is 0.501 e. The van der Waals surface area contributed by atoms with Crippen LogP contribution >= 0.6 is 0 Å². The molecule has 1 aliphatic rings. The number of hydrogen-bond donors (Lipinski definition) is 0. The summed E-state index contributed by atoms with van der Waals surface area (Å²) in [5.74, 6) is 0.712. The Morgan fingerprint density at radius 2 is 2.05 bits per heavy atom. The van der Waals surface area contributed by atoms with Crippen LogP contribution < -0.4 is 0 Å². The summed E-state index contributed by atoms with van der Waals surface area (Å²) in [5.41, 5.74) is 2.25. The lowest BCUT2D eigenvalue weighted by molar-refractivity contribution is 0.206. The maximum Gasteiger partial charge on any atom is 0.150 e. The summed E-state index contributed by atoms with van der Waals surface area (Å²) in [7, 11) is -2.81. The van der Waals surface area contributed by atoms with Gasteiger partial charge in [-0.2, -0.15) is 0 Å². The molecule has 2 rings (SSSR count). The predicted octanol–water partition coefficient (Wildman–Crippen LogP) is 4.06. The van der Waals surface area contributed by atoms with Gasteiger partial charge in [0.2, 0.25) is 0 Å². The van der Waals surface area contributed by atoms with Gasteiger partial charge in [0.05, 0.1) is 24.4 Å². The van der Waals surface area contributed by atoms with Gasteiger partial charge >= 0.3 is 0 Å². The Labute approximate surface area is 134 Å². The van der Waals surface area contributed by atoms with Crippen LogP contribution in [0.15, 0.2) is 36.6 Å². The van der Waals surface area contributed by atoms with Crippen molar-refractivity contribution in [1.82, 2.24) is 0 Å². The van der Waals surface area contributed by atoms with Gasteiger partial charge in [-0.05, 0) is 49.2 Å². The SMILES string of the molecule is CCC1(CCCO/C=C(/C)c2ccccc2)CCS(=O)(=O)C1. The van der Waals surface area contributed by atoms with Gasteiger partial charge in [-0.3, -0.25) is 0 Å². The highest BCUT2D eigenvalue weighted by atomic mass is 32.2. The minimum absolute atomic E-state index is 0.0135. The highest BCUT2D eigenvalue weighted by Crippen LogP contribution is 2.39. The first-order valence-corrected chi connectivity index (χ1v) is 9.83. The van der Waals surface area contributed by atoms with Gasteiger partial charge in [-0.1, -0.05) is 37.3 Å². The molecule has 0 aromatic heterocycles. The Hall–Kier alpha value is -1.29. The molecule has 0 amide bonds. The van der Waals surface area contributed by atoms with E-state index in [1.807, 2.05) is 25.1 Å². The van der Waals surface area contributed by atoms with Crippen LogP contribution in [0.25, 0.3) is 5.57 Å². The van der Waals surface area contributed by atoms with Crippen LogP contribution in [0.5, 0.6) is 0 Å². The van der Waals surface area contributed by atoms with E-state index in [0.717, 1.165) is 36.8 Å². The highest BCUT2D eigenvalue weighted by Gasteiger charge is 2.40. The second-order valence-corrected chi connectivity index (χ2v) is 8.52. The molecule has 3 nitrogen and oxygen atoms in total. The van der Waals surface area contributed by atoms with Crippen LogP contribution in [0.3, 0.4) is 0 Å². The fourth-order valence-electron chi connectivity index (χ4n) is 3.12. The average Bonchev–Trinajstić information content (AvgIpc) is 2.83. The maximum absolute atomic E-state index is 11.7. The van der Waals surface area contributed by atoms with Crippen LogP contribution in [0.1, 0.15) is 45.1 Å². The van der Waals surface area contributed by atoms with E-state index < -0.39 is 9.84 Å². The molecule has 122 valence electrons. The molecule has 0 radical (unpaired) electrons. The number of sulfone groups is 1. The summed E-state index contributed by atoms with van der Waals surface area (Å²) in [6.07, 6.45) is 5.39. The molecule has 0 saturated carbocycles. The third-order valence-corrected chi connectivity index (χ3v) is 6.56. The smallest absolute Gasteiger partial charge is 0.150 e. The predicted molar refractivity (Wildman–Crippen MR) is 91.3 cm³/mol. The molecular weight excluding hydrogens is 296 g/mol. The summed E-state index contributed by atoms with van der Waals surface area (Å²) < 4.78 is 29.0. The van der Waals surface area contributed by atoms with Crippen LogP contribution in [0.4, 0.5) is 0 Å². The average molecular weight is 322 g/mol. The quantitative estimate of drug-likeness (QED) is 0.561. The lowest BCUT2D eigenvalue weighted by Crippen LogP contribution is -2.21. The van der Waals surface area contributed by atoms with Gasteiger partial charge in [0.1, 0.15) is 0 Å². The van der Waals surface area contributed by atoms with Crippen LogP contribution in [0, 0.1) is 5.41 Å². The first kappa shape index (κ1) is 17.1. The number of allylic oxidation sites excluding steroid dienone is 1. The first-order valence-electron chi connectivity index (χ1n) is 8.01. The Morgan fingerprint density at radius 3 is 2.64 bits per heavy atom. The van der Waals surface area contributed by atoms with E-state index in [2.05, 4.69) is 19.1 Å². The number of benzene rings is 1. The van der Waals surface area contributed by atoms with Crippen molar-refractivity contribution in [3.63, 3.8) is 0 Å². The zero-order valence-corrected chi connectivity index (χ0v) is 14.4. The molecule has 1 unspecified atom stereocenters. The van der Waals surface area contributed by atoms with E-state index in [1.165, 1.54) is 0 Å². The molecule has 1 fully saturated rings. The van der Waals surface area contributed by atoms with Gasteiger partial charge in [0.15, 0.2) is 9.84 Å². The van der Waals surface area contributed by atoms with Gasteiger partial charge < -0.3 is 4.74 Å². The summed E-state index contributed by atoms with van der Waals surface area (Å²) in [6.45, 7) is 4.78. The van der Waals surface area contributed by atoms with Crippen LogP contribution in [0.2, 0.25) is 0 Å². The van der Waals surface area contributed by atoms with E-state index >= 15 is 0 Å². The lowest BCUT2D eigenvalue weighted by Gasteiger charge is -2.25. The Kier molecular flexibility index (Phi) is 5.68. The third-order valence-electron chi connectivity index (χ3n) is 4.68. The normalized spacial score (nSPS) is 24.4. The molecule has 0 bridgehead atoms. The van der Waals surface area contributed by atoms with E-state index in [0.29, 0.717) is 18.1 Å². The molecule has 1 aromatic rings.